The first-order valence-corrected chi connectivity index (χ1v) is 10.1. The van der Waals surface area contributed by atoms with E-state index in [1.807, 2.05) is 39.8 Å². The van der Waals surface area contributed by atoms with Crippen molar-refractivity contribution in [1.82, 2.24) is 9.55 Å². The molecule has 0 amide bonds. The molecular formula is C24H26N2O4. The number of rotatable bonds is 6. The molecule has 0 aliphatic heterocycles. The number of benzene rings is 1. The predicted molar refractivity (Wildman–Crippen MR) is 116 cm³/mol. The summed E-state index contributed by atoms with van der Waals surface area (Å²) in [5.41, 5.74) is 4.60. The first-order valence-electron chi connectivity index (χ1n) is 10.1. The molecule has 6 heteroatoms. The van der Waals surface area contributed by atoms with E-state index in [9.17, 15) is 14.4 Å². The number of Topliss-reactive ketones (excluding diaryl/α,β-unsaturated/α-hetero) is 1. The number of carbonyl (C=O) groups excluding carboxylic acids is 2. The highest BCUT2D eigenvalue weighted by Crippen LogP contribution is 2.18. The Morgan fingerprint density at radius 2 is 1.73 bits per heavy atom. The molecule has 0 radical (unpaired) electrons. The van der Waals surface area contributed by atoms with E-state index in [0.717, 1.165) is 11.1 Å². The molecule has 0 aliphatic rings. The minimum absolute atomic E-state index is 0.0266. The van der Waals surface area contributed by atoms with Crippen LogP contribution in [-0.4, -0.2) is 27.9 Å². The smallest absolute Gasteiger partial charge is 0.343 e. The van der Waals surface area contributed by atoms with E-state index in [2.05, 4.69) is 4.98 Å². The molecule has 6 nitrogen and oxygen atoms in total. The first kappa shape index (κ1) is 21.4. The highest BCUT2D eigenvalue weighted by Gasteiger charge is 2.18. The Morgan fingerprint density at radius 1 is 1.07 bits per heavy atom. The van der Waals surface area contributed by atoms with E-state index < -0.39 is 11.4 Å². The Bertz CT molecular complexity index is 1180. The summed E-state index contributed by atoms with van der Waals surface area (Å²) in [5, 5.41) is 0.309. The Kier molecular flexibility index (Phi) is 6.15. The quantitative estimate of drug-likeness (QED) is 0.458. The fourth-order valence-electron chi connectivity index (χ4n) is 3.49. The molecule has 0 saturated heterocycles. The first-order chi connectivity index (χ1) is 14.3. The van der Waals surface area contributed by atoms with Gasteiger partial charge in [0.25, 0.3) is 0 Å². The highest BCUT2D eigenvalue weighted by molar-refractivity contribution is 5.98. The van der Waals surface area contributed by atoms with E-state index in [1.54, 1.807) is 23.8 Å². The van der Waals surface area contributed by atoms with Crippen molar-refractivity contribution in [2.75, 3.05) is 6.61 Å². The van der Waals surface area contributed by atoms with Crippen LogP contribution in [0.1, 0.15) is 56.8 Å². The van der Waals surface area contributed by atoms with Gasteiger partial charge < -0.3 is 9.30 Å². The molecule has 2 aromatic heterocycles. The normalized spacial score (nSPS) is 11.0. The van der Waals surface area contributed by atoms with Gasteiger partial charge in [-0.1, -0.05) is 0 Å². The van der Waals surface area contributed by atoms with Gasteiger partial charge in [0.15, 0.2) is 5.78 Å². The second kappa shape index (κ2) is 8.61. The molecule has 0 spiro atoms. The van der Waals surface area contributed by atoms with Crippen LogP contribution in [0.3, 0.4) is 0 Å². The second-order valence-corrected chi connectivity index (χ2v) is 7.43. The number of pyridine rings is 2. The molecule has 3 aromatic rings. The zero-order chi connectivity index (χ0) is 22.0. The maximum atomic E-state index is 12.9. The highest BCUT2D eigenvalue weighted by atomic mass is 16.5. The van der Waals surface area contributed by atoms with Crippen LogP contribution in [0, 0.1) is 20.8 Å². The number of aromatic nitrogens is 2. The van der Waals surface area contributed by atoms with E-state index in [4.69, 9.17) is 4.74 Å². The van der Waals surface area contributed by atoms with Crippen LogP contribution in [-0.2, 0) is 17.7 Å². The van der Waals surface area contributed by atoms with E-state index in [-0.39, 0.29) is 24.4 Å². The molecule has 3 rings (SSSR count). The summed E-state index contributed by atoms with van der Waals surface area (Å²) >= 11 is 0. The van der Waals surface area contributed by atoms with Crippen LogP contribution in [0.5, 0.6) is 0 Å². The maximum absolute atomic E-state index is 12.9. The summed E-state index contributed by atoms with van der Waals surface area (Å²) in [6.07, 6.45) is 3.22. The largest absolute Gasteiger partial charge is 0.462 e. The van der Waals surface area contributed by atoms with Crippen molar-refractivity contribution in [3.8, 4) is 0 Å². The lowest BCUT2D eigenvalue weighted by atomic mass is 9.96. The topological polar surface area (TPSA) is 78.3 Å². The van der Waals surface area contributed by atoms with E-state index >= 15 is 0 Å². The minimum Gasteiger partial charge on any atom is -0.462 e. The molecule has 0 bridgehead atoms. The number of ketones is 1. The lowest BCUT2D eigenvalue weighted by Crippen LogP contribution is -2.21. The molecular weight excluding hydrogens is 380 g/mol. The monoisotopic (exact) mass is 406 g/mol. The third-order valence-electron chi connectivity index (χ3n) is 5.42. The fourth-order valence-corrected chi connectivity index (χ4v) is 3.49. The maximum Gasteiger partial charge on any atom is 0.343 e. The molecule has 30 heavy (non-hydrogen) atoms. The number of hydrogen-bond donors (Lipinski definition) is 0. The number of esters is 1. The number of fused-ring (bicyclic) bond motifs is 1. The molecule has 0 unspecified atom stereocenters. The zero-order valence-electron chi connectivity index (χ0n) is 18.0. The Labute approximate surface area is 175 Å². The van der Waals surface area contributed by atoms with Gasteiger partial charge in [-0.15, -0.1) is 0 Å². The van der Waals surface area contributed by atoms with E-state index in [1.165, 1.54) is 11.8 Å². The number of nitrogens with zero attached hydrogens (tertiary/aromatic N) is 2. The van der Waals surface area contributed by atoms with Crippen LogP contribution in [0.2, 0.25) is 0 Å². The van der Waals surface area contributed by atoms with Gasteiger partial charge in [-0.25, -0.2) is 9.78 Å². The molecule has 1 aromatic carbocycles. The van der Waals surface area contributed by atoms with Crippen LogP contribution in [0.15, 0.2) is 35.4 Å². The second-order valence-electron chi connectivity index (χ2n) is 7.43. The van der Waals surface area contributed by atoms with Gasteiger partial charge >= 0.3 is 5.97 Å². The lowest BCUT2D eigenvalue weighted by molar-refractivity contribution is 0.0524. The van der Waals surface area contributed by atoms with E-state index in [0.29, 0.717) is 28.7 Å². The molecule has 2 heterocycles. The number of hydrogen-bond acceptors (Lipinski definition) is 5. The summed E-state index contributed by atoms with van der Waals surface area (Å²) in [6.45, 7) is 10.3. The summed E-state index contributed by atoms with van der Waals surface area (Å²) in [7, 11) is 0. The lowest BCUT2D eigenvalue weighted by Gasteiger charge is -2.12. The van der Waals surface area contributed by atoms with Crippen molar-refractivity contribution in [2.24, 2.45) is 0 Å². The number of carbonyl (C=O) groups is 2. The van der Waals surface area contributed by atoms with Crippen molar-refractivity contribution in [3.05, 3.63) is 74.2 Å². The van der Waals surface area contributed by atoms with Gasteiger partial charge in [-0.05, 0) is 75.1 Å². The van der Waals surface area contributed by atoms with Crippen molar-refractivity contribution >= 4 is 22.8 Å². The molecule has 0 fully saturated rings. The van der Waals surface area contributed by atoms with Crippen molar-refractivity contribution < 1.29 is 14.3 Å². The number of ether oxygens (including phenoxy) is 1. The third kappa shape index (κ3) is 4.03. The van der Waals surface area contributed by atoms with Gasteiger partial charge in [0.1, 0.15) is 11.2 Å². The van der Waals surface area contributed by atoms with Gasteiger partial charge in [0.05, 0.1) is 12.0 Å². The van der Waals surface area contributed by atoms with Crippen LogP contribution in [0.25, 0.3) is 11.0 Å². The number of aryl methyl sites for hydroxylation is 3. The molecule has 156 valence electrons. The SMILES string of the molecule is CCOC(=O)c1cn(CC)c2ncc(CC(=O)c3cc(C)c(C)c(C)c3)cc2c1=O. The summed E-state index contributed by atoms with van der Waals surface area (Å²) in [6, 6.07) is 5.44. The molecule has 0 N–H and O–H groups in total. The average molecular weight is 406 g/mol. The summed E-state index contributed by atoms with van der Waals surface area (Å²) < 4.78 is 6.75. The fraction of sp³-hybridized carbons (Fsp3) is 0.333. The van der Waals surface area contributed by atoms with Crippen molar-refractivity contribution in [2.45, 2.75) is 47.6 Å². The van der Waals surface area contributed by atoms with Crippen LogP contribution >= 0.6 is 0 Å². The van der Waals surface area contributed by atoms with Crippen molar-refractivity contribution in [1.29, 1.82) is 0 Å². The molecule has 0 aliphatic carbocycles. The average Bonchev–Trinajstić information content (AvgIpc) is 2.72. The third-order valence-corrected chi connectivity index (χ3v) is 5.42. The summed E-state index contributed by atoms with van der Waals surface area (Å²) in [5.74, 6) is -0.696. The zero-order valence-corrected chi connectivity index (χ0v) is 18.0. The summed E-state index contributed by atoms with van der Waals surface area (Å²) in [4.78, 5) is 42.4. The van der Waals surface area contributed by atoms with Crippen molar-refractivity contribution in [3.63, 3.8) is 0 Å². The standard InChI is InChI=1S/C24H26N2O4/c1-6-26-13-20(24(29)30-7-2)22(28)19-10-17(12-25-23(19)26)11-21(27)18-8-14(3)16(5)15(4)9-18/h8-10,12-13H,6-7,11H2,1-5H3. The molecule has 0 atom stereocenters. The van der Waals surface area contributed by atoms with Gasteiger partial charge in [-0.3, -0.25) is 9.59 Å². The van der Waals surface area contributed by atoms with Gasteiger partial charge in [0.2, 0.25) is 5.43 Å². The predicted octanol–water partition coefficient (Wildman–Crippen LogP) is 3.94. The van der Waals surface area contributed by atoms with Gasteiger partial charge in [0, 0.05) is 30.9 Å². The van der Waals surface area contributed by atoms with Crippen LogP contribution in [0.4, 0.5) is 0 Å². The molecule has 0 saturated carbocycles. The van der Waals surface area contributed by atoms with Gasteiger partial charge in [-0.2, -0.15) is 0 Å². The minimum atomic E-state index is -0.654. The Morgan fingerprint density at radius 3 is 2.33 bits per heavy atom. The Balaban J connectivity index is 2.04. The Hall–Kier alpha value is -3.28. The van der Waals surface area contributed by atoms with Crippen LogP contribution < -0.4 is 5.43 Å².